The lowest BCUT2D eigenvalue weighted by atomic mass is 9.97. The van der Waals surface area contributed by atoms with E-state index in [1.807, 2.05) is 51.1 Å². The van der Waals surface area contributed by atoms with E-state index < -0.39 is 11.7 Å². The van der Waals surface area contributed by atoms with Gasteiger partial charge in [0.05, 0.1) is 5.92 Å². The van der Waals surface area contributed by atoms with Gasteiger partial charge in [-0.25, -0.2) is 4.79 Å². The summed E-state index contributed by atoms with van der Waals surface area (Å²) < 4.78 is 16.6. The van der Waals surface area contributed by atoms with Crippen LogP contribution in [0.2, 0.25) is 0 Å². The van der Waals surface area contributed by atoms with Crippen molar-refractivity contribution in [3.63, 3.8) is 0 Å². The minimum absolute atomic E-state index is 0.253. The largest absolute Gasteiger partial charge is 0.452 e. The molecule has 0 saturated carbocycles. The van der Waals surface area contributed by atoms with Crippen LogP contribution in [0.1, 0.15) is 52.5 Å². The van der Waals surface area contributed by atoms with E-state index in [2.05, 4.69) is 10.2 Å². The topological polar surface area (TPSA) is 94.8 Å². The Labute approximate surface area is 170 Å². The second-order valence-corrected chi connectivity index (χ2v) is 8.13. The van der Waals surface area contributed by atoms with Gasteiger partial charge in [-0.3, -0.25) is 4.79 Å². The summed E-state index contributed by atoms with van der Waals surface area (Å²) in [6.07, 6.45) is 0.0710. The number of carbonyl (C=O) groups excluding carboxylic acids is 2. The first-order valence-corrected chi connectivity index (χ1v) is 9.80. The summed E-state index contributed by atoms with van der Waals surface area (Å²) in [6.45, 7) is 8.12. The third-order valence-electron chi connectivity index (χ3n) is 4.58. The molecule has 29 heavy (non-hydrogen) atoms. The lowest BCUT2D eigenvalue weighted by Gasteiger charge is -2.32. The molecule has 1 aliphatic rings. The Hall–Kier alpha value is -2.90. The average molecular weight is 401 g/mol. The van der Waals surface area contributed by atoms with Gasteiger partial charge in [0.25, 0.3) is 5.89 Å². The highest BCUT2D eigenvalue weighted by Gasteiger charge is 2.32. The Morgan fingerprint density at radius 3 is 2.41 bits per heavy atom. The van der Waals surface area contributed by atoms with Gasteiger partial charge >= 0.3 is 12.1 Å². The standard InChI is InChI=1S/C21H27N3O5/c1-14(17-22-23-18(28-17)15-8-6-5-7-9-15)27-19(25)16-10-12-24(13-11-16)20(26)29-21(2,3)4/h5-9,14,16H,10-13H2,1-4H3/t14-/m0/s1. The smallest absolute Gasteiger partial charge is 0.410 e. The molecule has 1 aromatic heterocycles. The molecule has 1 atom stereocenters. The molecule has 1 aromatic carbocycles. The highest BCUT2D eigenvalue weighted by Crippen LogP contribution is 2.26. The number of piperidine rings is 1. The van der Waals surface area contributed by atoms with Crippen molar-refractivity contribution in [2.45, 2.75) is 52.2 Å². The number of nitrogens with zero attached hydrogens (tertiary/aromatic N) is 3. The monoisotopic (exact) mass is 401 g/mol. The minimum Gasteiger partial charge on any atom is -0.452 e. The zero-order valence-electron chi connectivity index (χ0n) is 17.3. The van der Waals surface area contributed by atoms with Crippen LogP contribution in [0.3, 0.4) is 0 Å². The molecule has 0 unspecified atom stereocenters. The molecule has 156 valence electrons. The fraction of sp³-hybridized carbons (Fsp3) is 0.524. The molecular weight excluding hydrogens is 374 g/mol. The third kappa shape index (κ3) is 5.56. The maximum absolute atomic E-state index is 12.5. The summed E-state index contributed by atoms with van der Waals surface area (Å²) in [5.74, 6) is 0.0472. The van der Waals surface area contributed by atoms with Crippen molar-refractivity contribution in [3.05, 3.63) is 36.2 Å². The predicted octanol–water partition coefficient (Wildman–Crippen LogP) is 3.99. The lowest BCUT2D eigenvalue weighted by Crippen LogP contribution is -2.43. The van der Waals surface area contributed by atoms with E-state index in [1.54, 1.807) is 11.8 Å². The van der Waals surface area contributed by atoms with Gasteiger partial charge in [-0.15, -0.1) is 10.2 Å². The predicted molar refractivity (Wildman–Crippen MR) is 105 cm³/mol. The normalized spacial score (nSPS) is 16.3. The van der Waals surface area contributed by atoms with E-state index in [0.717, 1.165) is 5.56 Å². The van der Waals surface area contributed by atoms with Crippen LogP contribution in [0, 0.1) is 5.92 Å². The van der Waals surface area contributed by atoms with Crippen molar-refractivity contribution in [3.8, 4) is 11.5 Å². The van der Waals surface area contributed by atoms with Gasteiger partial charge in [0, 0.05) is 18.7 Å². The summed E-state index contributed by atoms with van der Waals surface area (Å²) in [5.41, 5.74) is 0.268. The van der Waals surface area contributed by atoms with E-state index in [-0.39, 0.29) is 23.9 Å². The molecule has 2 aromatic rings. The summed E-state index contributed by atoms with van der Waals surface area (Å²) in [4.78, 5) is 26.3. The first kappa shape index (κ1) is 20.8. The van der Waals surface area contributed by atoms with Crippen molar-refractivity contribution in [2.75, 3.05) is 13.1 Å². The Morgan fingerprint density at radius 2 is 1.79 bits per heavy atom. The molecule has 3 rings (SSSR count). The van der Waals surface area contributed by atoms with Gasteiger partial charge in [-0.1, -0.05) is 18.2 Å². The van der Waals surface area contributed by atoms with Crippen molar-refractivity contribution in [1.82, 2.24) is 15.1 Å². The number of amides is 1. The number of benzene rings is 1. The first-order valence-electron chi connectivity index (χ1n) is 9.80. The van der Waals surface area contributed by atoms with Crippen LogP contribution < -0.4 is 0 Å². The van der Waals surface area contributed by atoms with Gasteiger partial charge in [0.2, 0.25) is 5.89 Å². The quantitative estimate of drug-likeness (QED) is 0.715. The van der Waals surface area contributed by atoms with Crippen LogP contribution >= 0.6 is 0 Å². The summed E-state index contributed by atoms with van der Waals surface area (Å²) in [6, 6.07) is 9.40. The first-order chi connectivity index (χ1) is 13.7. The number of hydrogen-bond donors (Lipinski definition) is 0. The highest BCUT2D eigenvalue weighted by atomic mass is 16.6. The number of hydrogen-bond acceptors (Lipinski definition) is 7. The molecule has 8 heteroatoms. The minimum atomic E-state index is -0.642. The van der Waals surface area contributed by atoms with E-state index in [4.69, 9.17) is 13.9 Å². The number of esters is 1. The van der Waals surface area contributed by atoms with Gasteiger partial charge in [0.1, 0.15) is 5.60 Å². The summed E-state index contributed by atoms with van der Waals surface area (Å²) in [5, 5.41) is 8.02. The van der Waals surface area contributed by atoms with Crippen LogP contribution in [0.15, 0.2) is 34.7 Å². The Balaban J connectivity index is 1.51. The zero-order chi connectivity index (χ0) is 21.0. The SMILES string of the molecule is C[C@H](OC(=O)C1CCN(C(=O)OC(C)(C)C)CC1)c1nnc(-c2ccccc2)o1. The number of aromatic nitrogens is 2. The van der Waals surface area contributed by atoms with Crippen molar-refractivity contribution in [2.24, 2.45) is 5.92 Å². The molecule has 0 N–H and O–H groups in total. The van der Waals surface area contributed by atoms with Gasteiger partial charge < -0.3 is 18.8 Å². The summed E-state index contributed by atoms with van der Waals surface area (Å²) in [7, 11) is 0. The third-order valence-corrected chi connectivity index (χ3v) is 4.58. The highest BCUT2D eigenvalue weighted by molar-refractivity contribution is 5.74. The molecule has 0 radical (unpaired) electrons. The maximum atomic E-state index is 12.5. The fourth-order valence-electron chi connectivity index (χ4n) is 3.04. The molecule has 0 aliphatic carbocycles. The zero-order valence-corrected chi connectivity index (χ0v) is 17.3. The maximum Gasteiger partial charge on any atom is 0.410 e. The van der Waals surface area contributed by atoms with Crippen LogP contribution in [-0.4, -0.2) is 45.9 Å². The summed E-state index contributed by atoms with van der Waals surface area (Å²) >= 11 is 0. The van der Waals surface area contributed by atoms with Gasteiger partial charge in [0.15, 0.2) is 6.10 Å². The fourth-order valence-corrected chi connectivity index (χ4v) is 3.04. The van der Waals surface area contributed by atoms with Crippen molar-refractivity contribution < 1.29 is 23.5 Å². The van der Waals surface area contributed by atoms with Crippen LogP contribution in [-0.2, 0) is 14.3 Å². The second kappa shape index (κ2) is 8.63. The molecule has 0 spiro atoms. The van der Waals surface area contributed by atoms with Crippen molar-refractivity contribution in [1.29, 1.82) is 0 Å². The number of carbonyl (C=O) groups is 2. The lowest BCUT2D eigenvalue weighted by molar-refractivity contribution is -0.156. The number of likely N-dealkylation sites (tertiary alicyclic amines) is 1. The molecule has 8 nitrogen and oxygen atoms in total. The average Bonchev–Trinajstić information content (AvgIpc) is 3.18. The second-order valence-electron chi connectivity index (χ2n) is 8.13. The number of ether oxygens (including phenoxy) is 2. The molecular formula is C21H27N3O5. The Kier molecular flexibility index (Phi) is 6.20. The van der Waals surface area contributed by atoms with E-state index in [0.29, 0.717) is 31.8 Å². The van der Waals surface area contributed by atoms with Crippen LogP contribution in [0.25, 0.3) is 11.5 Å². The Morgan fingerprint density at radius 1 is 1.14 bits per heavy atom. The molecule has 0 bridgehead atoms. The van der Waals surface area contributed by atoms with Crippen LogP contribution in [0.5, 0.6) is 0 Å². The van der Waals surface area contributed by atoms with E-state index >= 15 is 0 Å². The molecule has 1 fully saturated rings. The van der Waals surface area contributed by atoms with Gasteiger partial charge in [-0.05, 0) is 52.7 Å². The molecule has 1 amide bonds. The molecule has 1 aliphatic heterocycles. The van der Waals surface area contributed by atoms with Crippen LogP contribution in [0.4, 0.5) is 4.79 Å². The molecule has 1 saturated heterocycles. The van der Waals surface area contributed by atoms with Crippen molar-refractivity contribution >= 4 is 12.1 Å². The number of rotatable bonds is 4. The van der Waals surface area contributed by atoms with E-state index in [1.165, 1.54) is 0 Å². The van der Waals surface area contributed by atoms with Gasteiger partial charge in [-0.2, -0.15) is 0 Å². The van der Waals surface area contributed by atoms with E-state index in [9.17, 15) is 9.59 Å². The Bertz CT molecular complexity index is 836. The molecule has 2 heterocycles.